The summed E-state index contributed by atoms with van der Waals surface area (Å²) in [6.45, 7) is 15.0. The first-order valence-electron chi connectivity index (χ1n) is 28.3. The standard InChI is InChI=1S/C60H69N13O6S2/c1-34-15-22-63-28-45(34)78-48-26-47(66-55(67-48)50-41-9-7-18-60(53(41)79-69-50)19-8-10-46-49(60)42(27-61)54(62)81-46)77-32-59(20-21-59)31-71-23-16-38(17-24-71)43-30-73(70-68-43)52(58(4,5)6)57(76)72-29-40(74)25-44(72)56(75)65-35(2)37-11-13-39(14-12-37)51-36(3)64-33-80-51/h11-15,22,26,28,30,33,35,38,40,44,52,74H,7-10,16-21,23-25,29,31-32,62H2,1-6H3,(H,65,75)/t35-,40+,44-,52+,60-/m0/s1. The Labute approximate surface area is 479 Å². The van der Waals surface area contributed by atoms with Crippen LogP contribution in [0.5, 0.6) is 17.5 Å². The second kappa shape index (κ2) is 21.7. The first-order valence-corrected chi connectivity index (χ1v) is 30.0. The van der Waals surface area contributed by atoms with Crippen molar-refractivity contribution in [3.63, 3.8) is 0 Å². The number of thiophene rings is 1. The first kappa shape index (κ1) is 54.5. The fraction of sp³-hybridized carbons (Fsp3) is 0.500. The van der Waals surface area contributed by atoms with Crippen molar-refractivity contribution in [1.29, 1.82) is 5.26 Å². The van der Waals surface area contributed by atoms with Gasteiger partial charge in [0.05, 0.1) is 63.8 Å². The van der Waals surface area contributed by atoms with Gasteiger partial charge in [0.2, 0.25) is 23.6 Å². The molecule has 2 amide bonds. The predicted molar refractivity (Wildman–Crippen MR) is 306 cm³/mol. The number of hydrogen-bond acceptors (Lipinski definition) is 18. The molecule has 4 N–H and O–H groups in total. The number of rotatable bonds is 15. The van der Waals surface area contributed by atoms with Crippen LogP contribution in [0.1, 0.15) is 153 Å². The topological polar surface area (TPSA) is 249 Å². The first-order chi connectivity index (χ1) is 39.0. The molecule has 6 aromatic heterocycles. The molecule has 0 radical (unpaired) electrons. The largest absolute Gasteiger partial charge is 0.477 e. The van der Waals surface area contributed by atoms with E-state index in [1.807, 2.05) is 83.6 Å². The smallest absolute Gasteiger partial charge is 0.248 e. The molecule has 0 bridgehead atoms. The van der Waals surface area contributed by atoms with Gasteiger partial charge in [0.25, 0.3) is 0 Å². The van der Waals surface area contributed by atoms with Crippen molar-refractivity contribution in [2.24, 2.45) is 10.8 Å². The van der Waals surface area contributed by atoms with E-state index in [1.165, 1.54) is 16.2 Å². The van der Waals surface area contributed by atoms with E-state index in [4.69, 9.17) is 29.7 Å². The molecule has 21 heteroatoms. The van der Waals surface area contributed by atoms with Crippen molar-refractivity contribution in [3.05, 3.63) is 110 Å². The zero-order chi connectivity index (χ0) is 56.4. The Hall–Kier alpha value is -7.12. The summed E-state index contributed by atoms with van der Waals surface area (Å²) in [6.07, 6.45) is 13.6. The number of amides is 2. The molecule has 1 spiro atoms. The van der Waals surface area contributed by atoms with Crippen LogP contribution in [0.15, 0.2) is 65.0 Å². The minimum absolute atomic E-state index is 0.0512. The highest BCUT2D eigenvalue weighted by Crippen LogP contribution is 2.55. The number of aliphatic hydroxyl groups is 1. The quantitative estimate of drug-likeness (QED) is 0.0864. The zero-order valence-corrected chi connectivity index (χ0v) is 48.4. The second-order valence-electron chi connectivity index (χ2n) is 24.2. The van der Waals surface area contributed by atoms with E-state index < -0.39 is 29.0 Å². The normalized spacial score (nSPS) is 21.5. The lowest BCUT2D eigenvalue weighted by atomic mass is 9.63. The van der Waals surface area contributed by atoms with Gasteiger partial charge in [0, 0.05) is 53.7 Å². The summed E-state index contributed by atoms with van der Waals surface area (Å²) >= 11 is 3.11. The Balaban J connectivity index is 0.701. The molecule has 2 aliphatic heterocycles. The molecule has 5 aliphatic rings. The number of benzene rings is 1. The maximum absolute atomic E-state index is 14.7. The molecule has 2 saturated heterocycles. The lowest BCUT2D eigenvalue weighted by Crippen LogP contribution is -2.50. The number of carbonyl (C=O) groups is 2. The maximum atomic E-state index is 14.7. The zero-order valence-electron chi connectivity index (χ0n) is 46.8. The van der Waals surface area contributed by atoms with Gasteiger partial charge in [-0.15, -0.1) is 27.8 Å². The van der Waals surface area contributed by atoms with E-state index in [1.54, 1.807) is 34.5 Å². The van der Waals surface area contributed by atoms with Gasteiger partial charge in [-0.25, -0.2) is 9.67 Å². The van der Waals surface area contributed by atoms with E-state index in [0.29, 0.717) is 46.2 Å². The van der Waals surface area contributed by atoms with Gasteiger partial charge < -0.3 is 40.0 Å². The van der Waals surface area contributed by atoms with Gasteiger partial charge in [0.1, 0.15) is 23.2 Å². The molecule has 1 saturated carbocycles. The van der Waals surface area contributed by atoms with Crippen LogP contribution in [0.2, 0.25) is 0 Å². The number of pyridine rings is 1. The van der Waals surface area contributed by atoms with E-state index in [9.17, 15) is 20.0 Å². The summed E-state index contributed by atoms with van der Waals surface area (Å²) in [4.78, 5) is 53.6. The number of nitrogens with one attached hydrogen (secondary N) is 1. The van der Waals surface area contributed by atoms with Crippen molar-refractivity contribution in [2.75, 3.05) is 38.5 Å². The number of aromatic nitrogens is 8. The summed E-state index contributed by atoms with van der Waals surface area (Å²) in [5.74, 6) is 1.96. The minimum atomic E-state index is -0.838. The Morgan fingerprint density at radius 3 is 2.53 bits per heavy atom. The van der Waals surface area contributed by atoms with Gasteiger partial charge in [-0.1, -0.05) is 55.4 Å². The number of aryl methyl sites for hydroxylation is 3. The average molecular weight is 1130 g/mol. The van der Waals surface area contributed by atoms with Gasteiger partial charge in [0.15, 0.2) is 23.0 Å². The number of nitrogens with two attached hydrogens (primary N) is 1. The number of fused-ring (bicyclic) bond motifs is 4. The number of nitrogen functional groups attached to an aromatic ring is 1. The number of piperidine rings is 1. The van der Waals surface area contributed by atoms with Crippen LogP contribution in [-0.4, -0.2) is 112 Å². The number of nitrogens with zero attached hydrogens (tertiary/aromatic N) is 11. The van der Waals surface area contributed by atoms with Crippen LogP contribution < -0.4 is 20.5 Å². The lowest BCUT2D eigenvalue weighted by Gasteiger charge is -2.39. The number of thiazole rings is 1. The highest BCUT2D eigenvalue weighted by atomic mass is 32.1. The SMILES string of the molecule is Cc1ccncc1Oc1cc(OCC2(CN3CCC(c4cn([C@H](C(=O)N5C[C@H](O)C[C@H]5C(=O)N[C@@H](C)c5ccc(-c6scnc6C)cc5)C(C)(C)C)nn4)CC3)CC2)nc(-c2noc3c2CCC[C@@]32CCCc3sc(N)c(C#N)c32)n1. The van der Waals surface area contributed by atoms with Crippen LogP contribution in [0, 0.1) is 36.0 Å². The summed E-state index contributed by atoms with van der Waals surface area (Å²) in [6, 6.07) is 12.2. The van der Waals surface area contributed by atoms with Crippen LogP contribution in [0.4, 0.5) is 5.00 Å². The van der Waals surface area contributed by atoms with Crippen molar-refractivity contribution < 1.29 is 28.7 Å². The van der Waals surface area contributed by atoms with Gasteiger partial charge >= 0.3 is 0 Å². The number of aliphatic hydroxyl groups excluding tert-OH is 1. The Morgan fingerprint density at radius 2 is 1.81 bits per heavy atom. The molecule has 0 unspecified atom stereocenters. The molecule has 7 aromatic rings. The van der Waals surface area contributed by atoms with Crippen molar-refractivity contribution in [1.82, 2.24) is 55.2 Å². The Bertz CT molecular complexity index is 3520. The molecule has 8 heterocycles. The molecule has 19 nitrogen and oxygen atoms in total. The lowest BCUT2D eigenvalue weighted by molar-refractivity contribution is -0.144. The van der Waals surface area contributed by atoms with E-state index in [0.717, 1.165) is 139 Å². The number of likely N-dealkylation sites (tertiary alicyclic amines) is 2. The maximum Gasteiger partial charge on any atom is 0.248 e. The molecule has 5 atom stereocenters. The van der Waals surface area contributed by atoms with Crippen LogP contribution in [0.3, 0.4) is 0 Å². The summed E-state index contributed by atoms with van der Waals surface area (Å²) in [5.41, 5.74) is 14.9. The predicted octanol–water partition coefficient (Wildman–Crippen LogP) is 9.59. The second-order valence-corrected chi connectivity index (χ2v) is 26.2. The van der Waals surface area contributed by atoms with Crippen molar-refractivity contribution in [2.45, 2.75) is 148 Å². The monoisotopic (exact) mass is 1130 g/mol. The van der Waals surface area contributed by atoms with Gasteiger partial charge in [-0.05, 0) is 132 Å². The summed E-state index contributed by atoms with van der Waals surface area (Å²) in [7, 11) is 0. The third-order valence-corrected chi connectivity index (χ3v) is 19.5. The number of carbonyl (C=O) groups excluding carboxylic acids is 2. The number of anilines is 1. The van der Waals surface area contributed by atoms with Crippen molar-refractivity contribution in [3.8, 4) is 45.5 Å². The highest BCUT2D eigenvalue weighted by molar-refractivity contribution is 7.16. The molecule has 3 aliphatic carbocycles. The Kier molecular flexibility index (Phi) is 14.6. The molecule has 12 rings (SSSR count). The molecule has 1 aromatic carbocycles. The van der Waals surface area contributed by atoms with E-state index in [2.05, 4.69) is 41.7 Å². The molecule has 3 fully saturated rings. The van der Waals surface area contributed by atoms with Crippen LogP contribution in [0.25, 0.3) is 22.0 Å². The Morgan fingerprint density at radius 1 is 1.05 bits per heavy atom. The number of β-amino-alcohol motifs (C(OH)–C–C–N with tert-alkyl or cyclic N) is 1. The fourth-order valence-electron chi connectivity index (χ4n) is 13.0. The van der Waals surface area contributed by atoms with E-state index >= 15 is 0 Å². The van der Waals surface area contributed by atoms with Crippen LogP contribution in [-0.2, 0) is 27.8 Å². The van der Waals surface area contributed by atoms with E-state index in [-0.39, 0.29) is 42.2 Å². The molecule has 81 heavy (non-hydrogen) atoms. The molecular weight excluding hydrogens is 1060 g/mol. The summed E-state index contributed by atoms with van der Waals surface area (Å²) in [5, 5.41) is 38.8. The van der Waals surface area contributed by atoms with Crippen LogP contribution >= 0.6 is 22.7 Å². The third-order valence-electron chi connectivity index (χ3n) is 17.5. The molecule has 422 valence electrons. The number of hydrogen-bond donors (Lipinski definition) is 3. The fourth-order valence-corrected chi connectivity index (χ4v) is 14.9. The van der Waals surface area contributed by atoms with Gasteiger partial charge in [-0.2, -0.15) is 15.2 Å². The van der Waals surface area contributed by atoms with Gasteiger partial charge in [-0.3, -0.25) is 14.6 Å². The van der Waals surface area contributed by atoms with Crippen molar-refractivity contribution >= 4 is 39.5 Å². The average Bonchev–Trinajstić information content (AvgIpc) is 3.70. The third kappa shape index (κ3) is 10.6. The highest BCUT2D eigenvalue weighted by Gasteiger charge is 2.50. The molecular formula is C60H69N13O6S2. The number of nitriles is 1. The summed E-state index contributed by atoms with van der Waals surface area (Å²) < 4.78 is 21.1. The number of ether oxygens (including phenoxy) is 2. The minimum Gasteiger partial charge on any atom is -0.477 e.